The number of amides is 2. The summed E-state index contributed by atoms with van der Waals surface area (Å²) in [5.41, 5.74) is 8.64. The molecule has 4 aromatic rings. The van der Waals surface area contributed by atoms with Gasteiger partial charge in [0.25, 0.3) is 11.5 Å². The third kappa shape index (κ3) is 5.23. The first-order chi connectivity index (χ1) is 16.4. The van der Waals surface area contributed by atoms with E-state index in [2.05, 4.69) is 20.3 Å². The normalized spacial score (nSPS) is 12.0. The maximum atomic E-state index is 13.0. The molecule has 0 bridgehead atoms. The van der Waals surface area contributed by atoms with Gasteiger partial charge in [-0.25, -0.2) is 4.98 Å². The molecule has 0 fully saturated rings. The molecule has 1 aromatic carbocycles. The number of hydrogen-bond acceptors (Lipinski definition) is 6. The number of thiazole rings is 1. The number of nitrogens with zero attached hydrogens (tertiary/aromatic N) is 3. The fraction of sp³-hybridized carbons (Fsp3) is 0.292. The summed E-state index contributed by atoms with van der Waals surface area (Å²) in [7, 11) is 1.75. The van der Waals surface area contributed by atoms with E-state index < -0.39 is 0 Å². The largest absolute Gasteiger partial charge is 0.370 e. The molecule has 0 saturated carbocycles. The highest BCUT2D eigenvalue weighted by molar-refractivity contribution is 7.11. The molecule has 3 aromatic heterocycles. The first-order valence-electron chi connectivity index (χ1n) is 11.1. The number of benzene rings is 1. The summed E-state index contributed by atoms with van der Waals surface area (Å²) >= 11 is 1.26. The maximum Gasteiger partial charge on any atom is 0.263 e. The monoisotopic (exact) mass is 478 g/mol. The van der Waals surface area contributed by atoms with E-state index in [1.165, 1.54) is 17.5 Å². The van der Waals surface area contributed by atoms with Crippen molar-refractivity contribution in [2.24, 2.45) is 12.8 Å². The van der Waals surface area contributed by atoms with Crippen LogP contribution >= 0.6 is 11.3 Å². The van der Waals surface area contributed by atoms with Crippen molar-refractivity contribution in [1.29, 1.82) is 0 Å². The van der Waals surface area contributed by atoms with Crippen molar-refractivity contribution < 1.29 is 9.59 Å². The summed E-state index contributed by atoms with van der Waals surface area (Å²) in [5, 5.41) is 3.96. The van der Waals surface area contributed by atoms with Gasteiger partial charge in [-0.05, 0) is 30.4 Å². The Labute approximate surface area is 200 Å². The third-order valence-corrected chi connectivity index (χ3v) is 6.50. The molecule has 10 heteroatoms. The highest BCUT2D eigenvalue weighted by atomic mass is 32.1. The third-order valence-electron chi connectivity index (χ3n) is 5.73. The molecule has 1 atom stereocenters. The average molecular weight is 479 g/mol. The lowest BCUT2D eigenvalue weighted by Crippen LogP contribution is -2.28. The van der Waals surface area contributed by atoms with E-state index in [4.69, 9.17) is 5.73 Å². The van der Waals surface area contributed by atoms with E-state index in [0.717, 1.165) is 23.7 Å². The van der Waals surface area contributed by atoms with Crippen molar-refractivity contribution in [2.45, 2.75) is 38.1 Å². The zero-order valence-electron chi connectivity index (χ0n) is 18.8. The number of nitrogens with two attached hydrogens (primary N) is 1. The molecule has 4 rings (SSSR count). The molecule has 2 amide bonds. The van der Waals surface area contributed by atoms with Gasteiger partial charge in [-0.15, -0.1) is 11.3 Å². The molecule has 3 heterocycles. The Morgan fingerprint density at radius 1 is 1.21 bits per heavy atom. The van der Waals surface area contributed by atoms with Gasteiger partial charge in [0, 0.05) is 13.5 Å². The van der Waals surface area contributed by atoms with E-state index in [9.17, 15) is 14.4 Å². The Hall–Kier alpha value is -3.79. The summed E-state index contributed by atoms with van der Waals surface area (Å²) in [4.78, 5) is 48.9. The number of nitrogens with one attached hydrogen (secondary N) is 2. The van der Waals surface area contributed by atoms with Crippen molar-refractivity contribution >= 4 is 34.1 Å². The van der Waals surface area contributed by atoms with Crippen LogP contribution in [0.5, 0.6) is 0 Å². The zero-order chi connectivity index (χ0) is 24.1. The number of aryl methyl sites for hydroxylation is 1. The first-order valence-corrected chi connectivity index (χ1v) is 11.9. The number of hydrogen-bond donors (Lipinski definition) is 3. The number of rotatable bonds is 10. The van der Waals surface area contributed by atoms with E-state index in [-0.39, 0.29) is 23.4 Å². The van der Waals surface area contributed by atoms with E-state index >= 15 is 0 Å². The molecule has 0 unspecified atom stereocenters. The Morgan fingerprint density at radius 3 is 2.79 bits per heavy atom. The molecule has 0 spiro atoms. The van der Waals surface area contributed by atoms with Crippen molar-refractivity contribution in [2.75, 3.05) is 0 Å². The number of carbonyl (C=O) groups is 2. The molecule has 0 saturated heterocycles. The summed E-state index contributed by atoms with van der Waals surface area (Å²) in [6.45, 7) is 0. The van der Waals surface area contributed by atoms with Gasteiger partial charge in [0.1, 0.15) is 10.7 Å². The fourth-order valence-corrected chi connectivity index (χ4v) is 4.45. The topological polar surface area (TPSA) is 136 Å². The van der Waals surface area contributed by atoms with Crippen molar-refractivity contribution in [3.8, 4) is 11.3 Å². The van der Waals surface area contributed by atoms with Gasteiger partial charge in [-0.2, -0.15) is 0 Å². The predicted octanol–water partition coefficient (Wildman–Crippen LogP) is 3.29. The van der Waals surface area contributed by atoms with Gasteiger partial charge in [-0.3, -0.25) is 19.4 Å². The number of primary amides is 1. The smallest absolute Gasteiger partial charge is 0.263 e. The van der Waals surface area contributed by atoms with Crippen LogP contribution in [0, 0.1) is 0 Å². The number of fused-ring (bicyclic) bond motifs is 1. The van der Waals surface area contributed by atoms with Crippen LogP contribution in [-0.2, 0) is 11.8 Å². The van der Waals surface area contributed by atoms with Crippen molar-refractivity contribution in [1.82, 2.24) is 24.8 Å². The zero-order valence-corrected chi connectivity index (χ0v) is 19.6. The molecule has 34 heavy (non-hydrogen) atoms. The molecule has 0 aliphatic heterocycles. The Bertz CT molecular complexity index is 1360. The van der Waals surface area contributed by atoms with Crippen LogP contribution in [0.1, 0.15) is 53.6 Å². The second kappa shape index (κ2) is 10.4. The Morgan fingerprint density at radius 2 is 2.03 bits per heavy atom. The molecule has 9 nitrogen and oxygen atoms in total. The van der Waals surface area contributed by atoms with Gasteiger partial charge in [0.15, 0.2) is 0 Å². The predicted molar refractivity (Wildman–Crippen MR) is 131 cm³/mol. The molecule has 0 radical (unpaired) electrons. The Kier molecular flexibility index (Phi) is 7.17. The number of pyridine rings is 1. The second-order valence-corrected chi connectivity index (χ2v) is 9.01. The molecule has 176 valence electrons. The van der Waals surface area contributed by atoms with Crippen LogP contribution in [0.15, 0.2) is 53.0 Å². The van der Waals surface area contributed by atoms with Crippen molar-refractivity contribution in [3.05, 3.63) is 69.3 Å². The number of H-pyrrole nitrogens is 1. The van der Waals surface area contributed by atoms with Crippen LogP contribution in [0.25, 0.3) is 22.2 Å². The quantitative estimate of drug-likeness (QED) is 0.301. The van der Waals surface area contributed by atoms with Crippen LogP contribution < -0.4 is 16.6 Å². The number of aromatic amines is 1. The molecule has 0 aliphatic carbocycles. The first kappa shape index (κ1) is 23.4. The SMILES string of the molecule is Cn1c(=O)c(-c2cnc([C@H](CCCCCC(N)=O)NC(=O)c3cncs3)[nH]2)cc2ccccc21. The second-order valence-electron chi connectivity index (χ2n) is 8.12. The molecular formula is C24H26N6O3S. The van der Waals surface area contributed by atoms with Gasteiger partial charge < -0.3 is 20.6 Å². The average Bonchev–Trinajstić information content (AvgIpc) is 3.53. The van der Waals surface area contributed by atoms with Crippen LogP contribution in [-0.4, -0.2) is 31.3 Å². The minimum absolute atomic E-state index is 0.134. The van der Waals surface area contributed by atoms with E-state index in [1.807, 2.05) is 30.3 Å². The minimum atomic E-state index is -0.388. The van der Waals surface area contributed by atoms with Gasteiger partial charge in [0.2, 0.25) is 5.91 Å². The van der Waals surface area contributed by atoms with E-state index in [1.54, 1.807) is 23.3 Å². The maximum absolute atomic E-state index is 13.0. The lowest BCUT2D eigenvalue weighted by atomic mass is 10.1. The molecular weight excluding hydrogens is 452 g/mol. The van der Waals surface area contributed by atoms with Gasteiger partial charge in [0.05, 0.1) is 40.7 Å². The highest BCUT2D eigenvalue weighted by Crippen LogP contribution is 2.24. The summed E-state index contributed by atoms with van der Waals surface area (Å²) < 4.78 is 1.62. The number of carbonyl (C=O) groups excluding carboxylic acids is 2. The van der Waals surface area contributed by atoms with Crippen LogP contribution in [0.3, 0.4) is 0 Å². The fourth-order valence-electron chi connectivity index (χ4n) is 3.92. The highest BCUT2D eigenvalue weighted by Gasteiger charge is 2.21. The number of aromatic nitrogens is 4. The lowest BCUT2D eigenvalue weighted by Gasteiger charge is -2.16. The van der Waals surface area contributed by atoms with Gasteiger partial charge in [-0.1, -0.05) is 31.0 Å². The van der Waals surface area contributed by atoms with E-state index in [0.29, 0.717) is 41.2 Å². The Balaban J connectivity index is 1.58. The standard InChI is InChI=1S/C24H26N6O3S/c1-30-19-9-6-5-7-15(19)11-16(24(30)33)18-12-27-22(28-18)17(8-3-2-4-10-21(25)31)29-23(32)20-13-26-14-34-20/h5-7,9,11-14,17H,2-4,8,10H2,1H3,(H2,25,31)(H,27,28)(H,29,32)/t17-/m0/s1. The summed E-state index contributed by atoms with van der Waals surface area (Å²) in [6, 6.07) is 9.15. The number of imidazole rings is 1. The summed E-state index contributed by atoms with van der Waals surface area (Å²) in [6.07, 6.45) is 6.38. The van der Waals surface area contributed by atoms with Gasteiger partial charge >= 0.3 is 0 Å². The van der Waals surface area contributed by atoms with Crippen LogP contribution in [0.2, 0.25) is 0 Å². The van der Waals surface area contributed by atoms with Crippen molar-refractivity contribution in [3.63, 3.8) is 0 Å². The minimum Gasteiger partial charge on any atom is -0.370 e. The molecule has 0 aliphatic rings. The number of para-hydroxylation sites is 1. The summed E-state index contributed by atoms with van der Waals surface area (Å²) in [5.74, 6) is 0.0184. The molecule has 4 N–H and O–H groups in total. The van der Waals surface area contributed by atoms with Crippen LogP contribution in [0.4, 0.5) is 0 Å². The lowest BCUT2D eigenvalue weighted by molar-refractivity contribution is -0.118. The number of unbranched alkanes of at least 4 members (excludes halogenated alkanes) is 2.